The lowest BCUT2D eigenvalue weighted by molar-refractivity contribution is 0.971. The van der Waals surface area contributed by atoms with Crippen LogP contribution in [0.1, 0.15) is 22.6 Å². The molecule has 0 atom stereocenters. The van der Waals surface area contributed by atoms with E-state index < -0.39 is 0 Å². The van der Waals surface area contributed by atoms with E-state index in [0.717, 1.165) is 0 Å². The van der Waals surface area contributed by atoms with E-state index in [1.807, 2.05) is 0 Å². The van der Waals surface area contributed by atoms with Crippen LogP contribution in [0.25, 0.3) is 0 Å². The largest absolute Gasteiger partial charge is 0.378 e. The van der Waals surface area contributed by atoms with Crippen molar-refractivity contribution in [2.75, 3.05) is 57.0 Å². The maximum atomic E-state index is 2.25. The molecular formula is C25H31N3. The molecule has 0 radical (unpaired) electrons. The Morgan fingerprint density at radius 2 is 0.607 bits per heavy atom. The summed E-state index contributed by atoms with van der Waals surface area (Å²) in [4.78, 5) is 6.41. The fourth-order valence-corrected chi connectivity index (χ4v) is 3.47. The van der Waals surface area contributed by atoms with Crippen LogP contribution in [0.3, 0.4) is 0 Å². The van der Waals surface area contributed by atoms with Crippen molar-refractivity contribution in [3.63, 3.8) is 0 Å². The first-order valence-corrected chi connectivity index (χ1v) is 9.68. The molecular weight excluding hydrogens is 345 g/mol. The first-order chi connectivity index (χ1) is 13.4. The molecule has 0 saturated carbocycles. The molecule has 0 bridgehead atoms. The van der Waals surface area contributed by atoms with Crippen molar-refractivity contribution in [1.82, 2.24) is 0 Å². The SMILES string of the molecule is C[15N](C)c1ccc(C(c2ccc([15N](C)C)cc2)c2ccc([15N](C)C)cc2)cc1. The minimum Gasteiger partial charge on any atom is -0.378 e. The highest BCUT2D eigenvalue weighted by molar-refractivity contribution is 5.55. The van der Waals surface area contributed by atoms with Crippen molar-refractivity contribution < 1.29 is 0 Å². The molecule has 3 heteroatoms. The molecule has 28 heavy (non-hydrogen) atoms. The summed E-state index contributed by atoms with van der Waals surface area (Å²) in [5.74, 6) is 0.212. The van der Waals surface area contributed by atoms with Crippen LogP contribution in [0.4, 0.5) is 17.1 Å². The number of hydrogen-bond donors (Lipinski definition) is 0. The summed E-state index contributed by atoms with van der Waals surface area (Å²) in [5, 5.41) is 0. The van der Waals surface area contributed by atoms with E-state index in [1.165, 1.54) is 33.8 Å². The summed E-state index contributed by atoms with van der Waals surface area (Å²) in [7, 11) is 12.5. The molecule has 0 aliphatic heterocycles. The van der Waals surface area contributed by atoms with Gasteiger partial charge in [-0.2, -0.15) is 0 Å². The molecule has 0 saturated heterocycles. The Morgan fingerprint density at radius 1 is 0.393 bits per heavy atom. The van der Waals surface area contributed by atoms with E-state index in [9.17, 15) is 0 Å². The summed E-state index contributed by atoms with van der Waals surface area (Å²) in [5.41, 5.74) is 7.57. The molecule has 0 aromatic heterocycles. The minimum atomic E-state index is 0.212. The van der Waals surface area contributed by atoms with Crippen molar-refractivity contribution in [3.8, 4) is 0 Å². The fraction of sp³-hybridized carbons (Fsp3) is 0.280. The summed E-state index contributed by atoms with van der Waals surface area (Å²) < 4.78 is 0. The third-order valence-electron chi connectivity index (χ3n) is 5.23. The van der Waals surface area contributed by atoms with Gasteiger partial charge in [-0.1, -0.05) is 36.4 Å². The van der Waals surface area contributed by atoms with Crippen molar-refractivity contribution in [2.24, 2.45) is 0 Å². The van der Waals surface area contributed by atoms with Crippen LogP contribution in [0.5, 0.6) is 0 Å². The van der Waals surface area contributed by atoms with E-state index in [4.69, 9.17) is 0 Å². The smallest absolute Gasteiger partial charge is 0.0361 e. The van der Waals surface area contributed by atoms with Gasteiger partial charge in [0, 0.05) is 65.3 Å². The second-order valence-electron chi connectivity index (χ2n) is 7.89. The van der Waals surface area contributed by atoms with Gasteiger partial charge < -0.3 is 14.7 Å². The summed E-state index contributed by atoms with van der Waals surface area (Å²) >= 11 is 0. The quantitative estimate of drug-likeness (QED) is 0.439. The average Bonchev–Trinajstić information content (AvgIpc) is 2.69. The highest BCUT2D eigenvalue weighted by Crippen LogP contribution is 2.34. The Bertz CT molecular complexity index is 754. The highest BCUT2D eigenvalue weighted by Gasteiger charge is 2.17. The van der Waals surface area contributed by atoms with Crippen molar-refractivity contribution >= 4 is 17.1 Å². The lowest BCUT2D eigenvalue weighted by atomic mass is 9.85. The monoisotopic (exact) mass is 376 g/mol. The molecule has 0 N–H and O–H groups in total. The molecule has 0 fully saturated rings. The minimum absolute atomic E-state index is 0.212. The van der Waals surface area contributed by atoms with Crippen LogP contribution >= 0.6 is 0 Å². The molecule has 3 rings (SSSR count). The molecule has 146 valence electrons. The van der Waals surface area contributed by atoms with Crippen molar-refractivity contribution in [3.05, 3.63) is 89.5 Å². The predicted molar refractivity (Wildman–Crippen MR) is 123 cm³/mol. The molecule has 0 amide bonds. The van der Waals surface area contributed by atoms with Crippen molar-refractivity contribution in [1.29, 1.82) is 0 Å². The second kappa shape index (κ2) is 8.39. The van der Waals surface area contributed by atoms with Gasteiger partial charge >= 0.3 is 0 Å². The van der Waals surface area contributed by atoms with Gasteiger partial charge in [0.15, 0.2) is 0 Å². The Labute approximate surface area is 169 Å². The zero-order chi connectivity index (χ0) is 20.3. The van der Waals surface area contributed by atoms with E-state index >= 15 is 0 Å². The Balaban J connectivity index is 2.04. The third-order valence-corrected chi connectivity index (χ3v) is 5.23. The molecule has 3 aromatic carbocycles. The first-order valence-electron chi connectivity index (χ1n) is 9.68. The Kier molecular flexibility index (Phi) is 5.93. The van der Waals surface area contributed by atoms with Crippen LogP contribution in [0.2, 0.25) is 0 Å². The molecule has 3 nitrogen and oxygen atoms in total. The second-order valence-corrected chi connectivity index (χ2v) is 7.89. The number of benzene rings is 3. The summed E-state index contributed by atoms with van der Waals surface area (Å²) in [6.45, 7) is 0. The zero-order valence-electron chi connectivity index (χ0n) is 17.8. The Hall–Kier alpha value is -2.94. The number of hydrogen-bond acceptors (Lipinski definition) is 3. The van der Waals surface area contributed by atoms with Crippen LogP contribution in [0.15, 0.2) is 72.8 Å². The van der Waals surface area contributed by atoms with Gasteiger partial charge in [0.05, 0.1) is 0 Å². The van der Waals surface area contributed by atoms with Gasteiger partial charge in [0.2, 0.25) is 0 Å². The van der Waals surface area contributed by atoms with E-state index in [1.54, 1.807) is 0 Å². The normalized spacial score (nSPS) is 10.8. The molecule has 0 unspecified atom stereocenters. The van der Waals surface area contributed by atoms with E-state index in [2.05, 4.69) is 130 Å². The van der Waals surface area contributed by atoms with Gasteiger partial charge in [0.25, 0.3) is 0 Å². The van der Waals surface area contributed by atoms with Gasteiger partial charge in [0.1, 0.15) is 0 Å². The zero-order valence-corrected chi connectivity index (χ0v) is 17.8. The predicted octanol–water partition coefficient (Wildman–Crippen LogP) is 5.06. The van der Waals surface area contributed by atoms with E-state index in [-0.39, 0.29) is 5.92 Å². The number of nitrogens with zero attached hydrogens (tertiary/aromatic N) is 3. The first kappa shape index (κ1) is 19.8. The fourth-order valence-electron chi connectivity index (χ4n) is 3.47. The van der Waals surface area contributed by atoms with Crippen LogP contribution in [-0.2, 0) is 0 Å². The third kappa shape index (κ3) is 4.30. The van der Waals surface area contributed by atoms with Gasteiger partial charge in [-0.3, -0.25) is 0 Å². The van der Waals surface area contributed by atoms with Gasteiger partial charge in [-0.05, 0) is 53.1 Å². The van der Waals surface area contributed by atoms with Crippen molar-refractivity contribution in [2.45, 2.75) is 5.92 Å². The summed E-state index contributed by atoms with van der Waals surface area (Å²) in [6, 6.07) is 26.7. The summed E-state index contributed by atoms with van der Waals surface area (Å²) in [6.07, 6.45) is 0. The molecule has 3 aromatic rings. The topological polar surface area (TPSA) is 9.72 Å². The van der Waals surface area contributed by atoms with Gasteiger partial charge in [-0.25, -0.2) is 0 Å². The Morgan fingerprint density at radius 3 is 0.786 bits per heavy atom. The number of anilines is 3. The molecule has 0 aliphatic carbocycles. The van der Waals surface area contributed by atoms with Crippen LogP contribution in [-0.4, -0.2) is 42.3 Å². The number of rotatable bonds is 6. The molecule has 0 heterocycles. The average molecular weight is 377 g/mol. The van der Waals surface area contributed by atoms with Crippen LogP contribution in [0, 0.1) is 0 Å². The van der Waals surface area contributed by atoms with Crippen LogP contribution < -0.4 is 14.7 Å². The maximum Gasteiger partial charge on any atom is 0.0361 e. The standard InChI is InChI=1S/C25H31N3/c1-26(2)22-13-7-19(8-14-22)25(20-9-15-23(16-10-20)27(3)4)21-11-17-24(18-12-21)28(5)6/h7-18,25H,1-6H3/i26+1,27+1,28+1. The molecule has 0 aliphatic rings. The highest BCUT2D eigenvalue weighted by atomic mass is 15.8. The molecule has 0 spiro atoms. The lowest BCUT2D eigenvalue weighted by Gasteiger charge is -2.22. The van der Waals surface area contributed by atoms with Gasteiger partial charge in [-0.15, -0.1) is 0 Å². The lowest BCUT2D eigenvalue weighted by Crippen LogP contribution is -2.11. The maximum absolute atomic E-state index is 2.25. The van der Waals surface area contributed by atoms with E-state index in [0.29, 0.717) is 0 Å².